The van der Waals surface area contributed by atoms with Gasteiger partial charge in [0.2, 0.25) is 0 Å². The molecule has 0 aliphatic carbocycles. The lowest BCUT2D eigenvalue weighted by molar-refractivity contribution is -0.122. The Bertz CT molecular complexity index is 306. The zero-order valence-corrected chi connectivity index (χ0v) is 11.0. The third kappa shape index (κ3) is 5.16. The molecule has 0 saturated heterocycles. The molecule has 1 heterocycles. The van der Waals surface area contributed by atoms with Crippen LogP contribution in [0.1, 0.15) is 58.1 Å². The third-order valence-corrected chi connectivity index (χ3v) is 3.28. The van der Waals surface area contributed by atoms with Gasteiger partial charge in [-0.25, -0.2) is 0 Å². The fourth-order valence-electron chi connectivity index (χ4n) is 2.13. The first-order chi connectivity index (χ1) is 8.27. The molecule has 1 rings (SSSR count). The van der Waals surface area contributed by atoms with Crippen molar-refractivity contribution in [2.24, 2.45) is 5.92 Å². The lowest BCUT2D eigenvalue weighted by atomic mass is 9.92. The van der Waals surface area contributed by atoms with Crippen molar-refractivity contribution < 1.29 is 4.79 Å². The number of hydrogen-bond donors (Lipinski definition) is 1. The molecule has 0 aliphatic heterocycles. The van der Waals surface area contributed by atoms with Crippen LogP contribution < -0.4 is 0 Å². The fraction of sp³-hybridized carbons (Fsp3) is 0.714. The summed E-state index contributed by atoms with van der Waals surface area (Å²) in [5, 5.41) is 6.72. The van der Waals surface area contributed by atoms with Crippen molar-refractivity contribution >= 4 is 5.78 Å². The van der Waals surface area contributed by atoms with Crippen LogP contribution in [0.15, 0.2) is 12.3 Å². The predicted molar refractivity (Wildman–Crippen MR) is 69.8 cm³/mol. The zero-order chi connectivity index (χ0) is 12.5. The SMILES string of the molecule is CCCCCCC(CC)C(=O)Cc1ccn[nH]1. The van der Waals surface area contributed by atoms with Gasteiger partial charge in [-0.2, -0.15) is 5.10 Å². The van der Waals surface area contributed by atoms with Crippen molar-refractivity contribution in [1.29, 1.82) is 0 Å². The Labute approximate surface area is 104 Å². The number of ketones is 1. The zero-order valence-electron chi connectivity index (χ0n) is 11.0. The topological polar surface area (TPSA) is 45.8 Å². The number of carbonyl (C=O) groups excluding carboxylic acids is 1. The van der Waals surface area contributed by atoms with E-state index in [-0.39, 0.29) is 5.92 Å². The Morgan fingerprint density at radius 3 is 2.76 bits per heavy atom. The van der Waals surface area contributed by atoms with Crippen molar-refractivity contribution in [1.82, 2.24) is 10.2 Å². The van der Waals surface area contributed by atoms with Crippen LogP contribution in [-0.2, 0) is 11.2 Å². The van der Waals surface area contributed by atoms with Crippen LogP contribution in [0.4, 0.5) is 0 Å². The minimum Gasteiger partial charge on any atom is -0.299 e. The average molecular weight is 236 g/mol. The number of H-pyrrole nitrogens is 1. The smallest absolute Gasteiger partial charge is 0.141 e. The second-order valence-corrected chi connectivity index (χ2v) is 4.68. The molecule has 1 aromatic rings. The largest absolute Gasteiger partial charge is 0.299 e. The monoisotopic (exact) mass is 236 g/mol. The van der Waals surface area contributed by atoms with Crippen molar-refractivity contribution in [3.63, 3.8) is 0 Å². The predicted octanol–water partition coefficient (Wildman–Crippen LogP) is 3.52. The number of rotatable bonds is 9. The van der Waals surface area contributed by atoms with Crippen LogP contribution in [-0.4, -0.2) is 16.0 Å². The lowest BCUT2D eigenvalue weighted by Crippen LogP contribution is -2.16. The van der Waals surface area contributed by atoms with Gasteiger partial charge in [-0.1, -0.05) is 39.5 Å². The third-order valence-electron chi connectivity index (χ3n) is 3.28. The summed E-state index contributed by atoms with van der Waals surface area (Å²) in [6, 6.07) is 1.88. The maximum absolute atomic E-state index is 12.1. The number of nitrogens with one attached hydrogen (secondary N) is 1. The maximum atomic E-state index is 12.1. The van der Waals surface area contributed by atoms with Crippen molar-refractivity contribution in [2.75, 3.05) is 0 Å². The first-order valence-corrected chi connectivity index (χ1v) is 6.78. The molecule has 0 amide bonds. The number of Topliss-reactive ketones (excluding diaryl/α,β-unsaturated/α-hetero) is 1. The van der Waals surface area contributed by atoms with Gasteiger partial charge in [-0.15, -0.1) is 0 Å². The molecule has 3 nitrogen and oxygen atoms in total. The van der Waals surface area contributed by atoms with Gasteiger partial charge in [0.15, 0.2) is 0 Å². The van der Waals surface area contributed by atoms with Crippen molar-refractivity contribution in [3.8, 4) is 0 Å². The van der Waals surface area contributed by atoms with Crippen LogP contribution in [0, 0.1) is 5.92 Å². The summed E-state index contributed by atoms with van der Waals surface area (Å²) < 4.78 is 0. The second-order valence-electron chi connectivity index (χ2n) is 4.68. The molecule has 0 spiro atoms. The van der Waals surface area contributed by atoms with Gasteiger partial charge in [0, 0.05) is 24.2 Å². The van der Waals surface area contributed by atoms with Gasteiger partial charge in [0.05, 0.1) is 0 Å². The molecule has 1 N–H and O–H groups in total. The summed E-state index contributed by atoms with van der Waals surface area (Å²) >= 11 is 0. The van der Waals surface area contributed by atoms with Crippen molar-refractivity contribution in [2.45, 2.75) is 58.8 Å². The van der Waals surface area contributed by atoms with E-state index < -0.39 is 0 Å². The van der Waals surface area contributed by atoms with E-state index in [0.717, 1.165) is 18.5 Å². The molecular formula is C14H24N2O. The Morgan fingerprint density at radius 1 is 1.35 bits per heavy atom. The van der Waals surface area contributed by atoms with E-state index in [4.69, 9.17) is 0 Å². The summed E-state index contributed by atoms with van der Waals surface area (Å²) in [5.74, 6) is 0.586. The fourth-order valence-corrected chi connectivity index (χ4v) is 2.13. The summed E-state index contributed by atoms with van der Waals surface area (Å²) in [7, 11) is 0. The van der Waals surface area contributed by atoms with Crippen LogP contribution in [0.25, 0.3) is 0 Å². The first kappa shape index (κ1) is 13.9. The van der Waals surface area contributed by atoms with Gasteiger partial charge >= 0.3 is 0 Å². The standard InChI is InChI=1S/C14H24N2O/c1-3-5-6-7-8-12(4-2)14(17)11-13-9-10-15-16-13/h9-10,12H,3-8,11H2,1-2H3,(H,15,16). The Kier molecular flexibility index (Phi) is 6.60. The average Bonchev–Trinajstić information content (AvgIpc) is 2.82. The van der Waals surface area contributed by atoms with E-state index in [1.54, 1.807) is 6.20 Å². The molecule has 1 atom stereocenters. The van der Waals surface area contributed by atoms with E-state index in [1.807, 2.05) is 6.07 Å². The number of aromatic nitrogens is 2. The molecule has 1 unspecified atom stereocenters. The van der Waals surface area contributed by atoms with Gasteiger partial charge in [0.25, 0.3) is 0 Å². The van der Waals surface area contributed by atoms with Gasteiger partial charge in [0.1, 0.15) is 5.78 Å². The molecule has 0 bridgehead atoms. The molecule has 0 aliphatic rings. The summed E-state index contributed by atoms with van der Waals surface area (Å²) in [6.07, 6.45) is 9.18. The number of nitrogens with zero attached hydrogens (tertiary/aromatic N) is 1. The first-order valence-electron chi connectivity index (χ1n) is 6.78. The molecule has 0 saturated carbocycles. The quantitative estimate of drug-likeness (QED) is 0.667. The molecular weight excluding hydrogens is 212 g/mol. The Morgan fingerprint density at radius 2 is 2.18 bits per heavy atom. The van der Waals surface area contributed by atoms with Gasteiger partial charge < -0.3 is 0 Å². The molecule has 3 heteroatoms. The van der Waals surface area contributed by atoms with E-state index in [1.165, 1.54) is 25.7 Å². The molecule has 0 aromatic carbocycles. The van der Waals surface area contributed by atoms with Gasteiger partial charge in [-0.3, -0.25) is 9.89 Å². The highest BCUT2D eigenvalue weighted by molar-refractivity contribution is 5.82. The normalized spacial score (nSPS) is 12.6. The number of unbranched alkanes of at least 4 members (excludes halogenated alkanes) is 3. The summed E-state index contributed by atoms with van der Waals surface area (Å²) in [4.78, 5) is 12.1. The minimum atomic E-state index is 0.232. The molecule has 17 heavy (non-hydrogen) atoms. The van der Waals surface area contributed by atoms with E-state index in [0.29, 0.717) is 12.2 Å². The summed E-state index contributed by atoms with van der Waals surface area (Å²) in [6.45, 7) is 4.32. The highest BCUT2D eigenvalue weighted by Gasteiger charge is 2.16. The van der Waals surface area contributed by atoms with E-state index in [9.17, 15) is 4.79 Å². The van der Waals surface area contributed by atoms with Gasteiger partial charge in [-0.05, 0) is 18.9 Å². The molecule has 0 radical (unpaired) electrons. The van der Waals surface area contributed by atoms with Crippen LogP contribution in [0.5, 0.6) is 0 Å². The van der Waals surface area contributed by atoms with Crippen LogP contribution in [0.3, 0.4) is 0 Å². The van der Waals surface area contributed by atoms with Crippen LogP contribution >= 0.6 is 0 Å². The second kappa shape index (κ2) is 8.04. The number of hydrogen-bond acceptors (Lipinski definition) is 2. The molecule has 96 valence electrons. The minimum absolute atomic E-state index is 0.232. The Balaban J connectivity index is 2.31. The van der Waals surface area contributed by atoms with E-state index in [2.05, 4.69) is 24.0 Å². The summed E-state index contributed by atoms with van der Waals surface area (Å²) in [5.41, 5.74) is 0.932. The van der Waals surface area contributed by atoms with Crippen molar-refractivity contribution in [3.05, 3.63) is 18.0 Å². The molecule has 0 fully saturated rings. The van der Waals surface area contributed by atoms with Crippen LogP contribution in [0.2, 0.25) is 0 Å². The molecule has 1 aromatic heterocycles. The lowest BCUT2D eigenvalue weighted by Gasteiger charge is -2.12. The number of carbonyl (C=O) groups is 1. The highest BCUT2D eigenvalue weighted by atomic mass is 16.1. The van der Waals surface area contributed by atoms with E-state index >= 15 is 0 Å². The highest BCUT2D eigenvalue weighted by Crippen LogP contribution is 2.17. The number of aromatic amines is 1. The maximum Gasteiger partial charge on any atom is 0.141 e. The Hall–Kier alpha value is -1.12.